The molecular weight excluding hydrogens is 418 g/mol. The molecule has 0 saturated heterocycles. The maximum Gasteiger partial charge on any atom is 0.257 e. The van der Waals surface area contributed by atoms with Crippen LogP contribution in [0.3, 0.4) is 0 Å². The molecular formula is C17H17Cl2FN2O4S. The number of nitrogens with one attached hydrogen (secondary N) is 2. The number of hydrogen-bond donors (Lipinski definition) is 2. The lowest BCUT2D eigenvalue weighted by atomic mass is 10.2. The fraction of sp³-hybridized carbons (Fsp3) is 0.235. The Morgan fingerprint density at radius 1 is 1.19 bits per heavy atom. The van der Waals surface area contributed by atoms with E-state index in [1.807, 2.05) is 0 Å². The minimum absolute atomic E-state index is 0.108. The number of halogens is 3. The van der Waals surface area contributed by atoms with Crippen LogP contribution in [0.1, 0.15) is 16.8 Å². The van der Waals surface area contributed by atoms with Crippen molar-refractivity contribution in [3.63, 3.8) is 0 Å². The van der Waals surface area contributed by atoms with Gasteiger partial charge in [-0.15, -0.1) is 0 Å². The molecule has 0 fully saturated rings. The van der Waals surface area contributed by atoms with E-state index in [1.54, 1.807) is 0 Å². The predicted octanol–water partition coefficient (Wildman–Crippen LogP) is 3.70. The minimum atomic E-state index is -3.87. The summed E-state index contributed by atoms with van der Waals surface area (Å²) in [4.78, 5) is 12.0. The Balaban J connectivity index is 2.13. The number of anilines is 1. The van der Waals surface area contributed by atoms with Crippen LogP contribution in [0.5, 0.6) is 0 Å². The largest absolute Gasteiger partial charge is 0.385 e. The number of carbonyl (C=O) groups excluding carboxylic acids is 1. The molecule has 0 spiro atoms. The number of sulfonamides is 1. The van der Waals surface area contributed by atoms with Crippen LogP contribution in [0.2, 0.25) is 10.0 Å². The highest BCUT2D eigenvalue weighted by molar-refractivity contribution is 7.89. The second-order valence-corrected chi connectivity index (χ2v) is 8.07. The molecule has 0 aliphatic rings. The van der Waals surface area contributed by atoms with E-state index in [0.717, 1.165) is 6.07 Å². The van der Waals surface area contributed by atoms with Crippen molar-refractivity contribution in [2.24, 2.45) is 0 Å². The highest BCUT2D eigenvalue weighted by Gasteiger charge is 2.18. The van der Waals surface area contributed by atoms with Gasteiger partial charge in [0.25, 0.3) is 5.91 Å². The molecule has 2 aromatic rings. The normalized spacial score (nSPS) is 11.4. The first-order valence-corrected chi connectivity index (χ1v) is 10.0. The molecule has 0 bridgehead atoms. The number of methoxy groups -OCH3 is 1. The number of ether oxygens (including phenoxy) is 1. The van der Waals surface area contributed by atoms with Crippen LogP contribution in [-0.4, -0.2) is 34.6 Å². The first-order valence-electron chi connectivity index (χ1n) is 7.79. The van der Waals surface area contributed by atoms with E-state index < -0.39 is 21.7 Å². The van der Waals surface area contributed by atoms with E-state index in [-0.39, 0.29) is 27.7 Å². The number of rotatable bonds is 8. The first-order chi connectivity index (χ1) is 12.7. The maximum absolute atomic E-state index is 14.3. The monoisotopic (exact) mass is 434 g/mol. The lowest BCUT2D eigenvalue weighted by molar-refractivity contribution is 0.102. The molecule has 10 heteroatoms. The van der Waals surface area contributed by atoms with Gasteiger partial charge >= 0.3 is 0 Å². The lowest BCUT2D eigenvalue weighted by Crippen LogP contribution is -2.25. The molecule has 27 heavy (non-hydrogen) atoms. The summed E-state index contributed by atoms with van der Waals surface area (Å²) in [5, 5.41) is 2.82. The Hall–Kier alpha value is -1.71. The van der Waals surface area contributed by atoms with E-state index in [0.29, 0.717) is 18.1 Å². The average Bonchev–Trinajstić information content (AvgIpc) is 2.60. The molecule has 0 heterocycles. The second-order valence-electron chi connectivity index (χ2n) is 5.46. The number of carbonyl (C=O) groups is 1. The van der Waals surface area contributed by atoms with Crippen molar-refractivity contribution in [2.45, 2.75) is 11.3 Å². The van der Waals surface area contributed by atoms with Crippen molar-refractivity contribution in [3.05, 3.63) is 57.8 Å². The van der Waals surface area contributed by atoms with Gasteiger partial charge in [0.2, 0.25) is 10.0 Å². The third kappa shape index (κ3) is 5.88. The van der Waals surface area contributed by atoms with Gasteiger partial charge in [0.1, 0.15) is 5.82 Å². The van der Waals surface area contributed by atoms with Gasteiger partial charge in [0, 0.05) is 25.3 Å². The Labute approximate surface area is 166 Å². The fourth-order valence-corrected chi connectivity index (χ4v) is 3.71. The summed E-state index contributed by atoms with van der Waals surface area (Å²) in [6, 6.07) is 7.46. The Morgan fingerprint density at radius 2 is 1.93 bits per heavy atom. The van der Waals surface area contributed by atoms with E-state index in [9.17, 15) is 17.6 Å². The van der Waals surface area contributed by atoms with Crippen LogP contribution < -0.4 is 10.0 Å². The van der Waals surface area contributed by atoms with Crippen molar-refractivity contribution in [1.29, 1.82) is 0 Å². The molecule has 0 atom stereocenters. The molecule has 146 valence electrons. The first kappa shape index (κ1) is 21.6. The lowest BCUT2D eigenvalue weighted by Gasteiger charge is -2.10. The Kier molecular flexibility index (Phi) is 7.58. The molecule has 0 aliphatic heterocycles. The molecule has 2 aromatic carbocycles. The number of benzene rings is 2. The van der Waals surface area contributed by atoms with E-state index in [1.165, 1.54) is 37.4 Å². The Bertz CT molecular complexity index is 939. The summed E-state index contributed by atoms with van der Waals surface area (Å²) < 4.78 is 45.7. The molecule has 1 amide bonds. The summed E-state index contributed by atoms with van der Waals surface area (Å²) >= 11 is 11.7. The fourth-order valence-electron chi connectivity index (χ4n) is 2.13. The number of hydrogen-bond acceptors (Lipinski definition) is 4. The highest BCUT2D eigenvalue weighted by atomic mass is 35.5. The summed E-state index contributed by atoms with van der Waals surface area (Å²) in [5.74, 6) is -1.54. The van der Waals surface area contributed by atoms with Crippen LogP contribution in [0.15, 0.2) is 41.3 Å². The molecule has 0 radical (unpaired) electrons. The van der Waals surface area contributed by atoms with Gasteiger partial charge in [-0.25, -0.2) is 17.5 Å². The van der Waals surface area contributed by atoms with Crippen LogP contribution in [0.25, 0.3) is 0 Å². The van der Waals surface area contributed by atoms with Crippen molar-refractivity contribution in [3.8, 4) is 0 Å². The van der Waals surface area contributed by atoms with Crippen LogP contribution in [0.4, 0.5) is 10.1 Å². The highest BCUT2D eigenvalue weighted by Crippen LogP contribution is 2.24. The van der Waals surface area contributed by atoms with Gasteiger partial charge in [-0.1, -0.05) is 23.2 Å². The zero-order valence-corrected chi connectivity index (χ0v) is 16.6. The molecule has 0 saturated carbocycles. The quantitative estimate of drug-likeness (QED) is 0.620. The zero-order valence-electron chi connectivity index (χ0n) is 14.3. The van der Waals surface area contributed by atoms with Crippen LogP contribution >= 0.6 is 23.2 Å². The number of amides is 1. The van der Waals surface area contributed by atoms with E-state index in [2.05, 4.69) is 10.0 Å². The maximum atomic E-state index is 14.3. The van der Waals surface area contributed by atoms with Crippen LogP contribution in [-0.2, 0) is 14.8 Å². The van der Waals surface area contributed by atoms with E-state index >= 15 is 0 Å². The van der Waals surface area contributed by atoms with Crippen molar-refractivity contribution < 1.29 is 22.3 Å². The minimum Gasteiger partial charge on any atom is -0.385 e. The zero-order chi connectivity index (χ0) is 20.0. The third-order valence-electron chi connectivity index (χ3n) is 3.49. The average molecular weight is 435 g/mol. The van der Waals surface area contributed by atoms with Crippen molar-refractivity contribution in [1.82, 2.24) is 4.72 Å². The van der Waals surface area contributed by atoms with Gasteiger partial charge in [-0.05, 0) is 42.8 Å². The SMILES string of the molecule is COCCCNS(=O)(=O)c1ccc(NC(=O)c2ccc(Cl)cc2Cl)c(F)c1. The summed E-state index contributed by atoms with van der Waals surface area (Å²) in [6.45, 7) is 0.556. The summed E-state index contributed by atoms with van der Waals surface area (Å²) in [5.41, 5.74) is -0.0682. The van der Waals surface area contributed by atoms with Crippen LogP contribution in [0, 0.1) is 5.82 Å². The molecule has 2 N–H and O–H groups in total. The molecule has 2 rings (SSSR count). The molecule has 0 aromatic heterocycles. The third-order valence-corrected chi connectivity index (χ3v) is 5.50. The van der Waals surface area contributed by atoms with Crippen molar-refractivity contribution >= 4 is 44.8 Å². The van der Waals surface area contributed by atoms with Gasteiger partial charge < -0.3 is 10.1 Å². The molecule has 6 nitrogen and oxygen atoms in total. The smallest absolute Gasteiger partial charge is 0.257 e. The van der Waals surface area contributed by atoms with E-state index in [4.69, 9.17) is 27.9 Å². The second kappa shape index (κ2) is 9.48. The predicted molar refractivity (Wildman–Crippen MR) is 102 cm³/mol. The summed E-state index contributed by atoms with van der Waals surface area (Å²) in [6.07, 6.45) is 0.480. The molecule has 0 aliphatic carbocycles. The van der Waals surface area contributed by atoms with Gasteiger partial charge in [-0.2, -0.15) is 0 Å². The standard InChI is InChI=1S/C17H17Cl2FN2O4S/c1-26-8-2-7-21-27(24,25)12-4-6-16(15(20)10-12)22-17(23)13-5-3-11(18)9-14(13)19/h3-6,9-10,21H,2,7-8H2,1H3,(H,22,23). The topological polar surface area (TPSA) is 84.5 Å². The molecule has 0 unspecified atom stereocenters. The van der Waals surface area contributed by atoms with Gasteiger partial charge in [-0.3, -0.25) is 4.79 Å². The summed E-state index contributed by atoms with van der Waals surface area (Å²) in [7, 11) is -2.36. The van der Waals surface area contributed by atoms with Gasteiger partial charge in [0.15, 0.2) is 0 Å². The Morgan fingerprint density at radius 3 is 2.56 bits per heavy atom. The van der Waals surface area contributed by atoms with Crippen molar-refractivity contribution in [2.75, 3.05) is 25.6 Å². The van der Waals surface area contributed by atoms with Gasteiger partial charge in [0.05, 0.1) is 21.2 Å².